The monoisotopic (exact) mass is 323 g/mol. The molecule has 0 spiro atoms. The molecule has 0 saturated carbocycles. The molecular formula is C14H17ClF3NO2. The molecule has 0 amide bonds. The van der Waals surface area contributed by atoms with Crippen molar-refractivity contribution in [3.8, 4) is 0 Å². The standard InChI is InChI=1S/C14H17ClF3NO2/c1-10(19-5-6-21-13(20)9-15)7-11-3-2-4-12(8-11)14(16,17)18/h2-4,8,10,19H,5-7,9H2,1H3. The summed E-state index contributed by atoms with van der Waals surface area (Å²) in [6.45, 7) is 2.45. The molecule has 3 nitrogen and oxygen atoms in total. The Morgan fingerprint density at radius 3 is 2.76 bits per heavy atom. The highest BCUT2D eigenvalue weighted by molar-refractivity contribution is 6.26. The van der Waals surface area contributed by atoms with Crippen molar-refractivity contribution in [2.45, 2.75) is 25.6 Å². The van der Waals surface area contributed by atoms with E-state index in [2.05, 4.69) is 5.32 Å². The summed E-state index contributed by atoms with van der Waals surface area (Å²) in [5, 5.41) is 3.07. The van der Waals surface area contributed by atoms with Gasteiger partial charge in [-0.3, -0.25) is 4.79 Å². The summed E-state index contributed by atoms with van der Waals surface area (Å²) in [5.41, 5.74) is -0.0502. The molecule has 1 N–H and O–H groups in total. The summed E-state index contributed by atoms with van der Waals surface area (Å²) in [6.07, 6.45) is -3.88. The van der Waals surface area contributed by atoms with Crippen molar-refractivity contribution in [1.82, 2.24) is 5.32 Å². The number of nitrogens with one attached hydrogen (secondary N) is 1. The van der Waals surface area contributed by atoms with Gasteiger partial charge in [0.2, 0.25) is 0 Å². The summed E-state index contributed by atoms with van der Waals surface area (Å²) in [7, 11) is 0. The first-order valence-corrected chi connectivity index (χ1v) is 6.97. The van der Waals surface area contributed by atoms with Crippen LogP contribution in [0.15, 0.2) is 24.3 Å². The SMILES string of the molecule is CC(Cc1cccc(C(F)(F)F)c1)NCCOC(=O)CCl. The van der Waals surface area contributed by atoms with Crippen LogP contribution >= 0.6 is 11.6 Å². The van der Waals surface area contributed by atoms with E-state index in [1.165, 1.54) is 6.07 Å². The molecule has 7 heteroatoms. The number of esters is 1. The summed E-state index contributed by atoms with van der Waals surface area (Å²) < 4.78 is 42.5. The van der Waals surface area contributed by atoms with Gasteiger partial charge in [-0.1, -0.05) is 18.2 Å². The van der Waals surface area contributed by atoms with Gasteiger partial charge in [0.1, 0.15) is 12.5 Å². The highest BCUT2D eigenvalue weighted by atomic mass is 35.5. The first-order chi connectivity index (χ1) is 9.82. The Morgan fingerprint density at radius 1 is 1.43 bits per heavy atom. The van der Waals surface area contributed by atoms with Crippen LogP contribution in [0, 0.1) is 0 Å². The van der Waals surface area contributed by atoms with Crippen LogP contribution in [-0.4, -0.2) is 31.0 Å². The minimum Gasteiger partial charge on any atom is -0.463 e. The van der Waals surface area contributed by atoms with Gasteiger partial charge in [0, 0.05) is 12.6 Å². The van der Waals surface area contributed by atoms with Crippen LogP contribution in [0.2, 0.25) is 0 Å². The van der Waals surface area contributed by atoms with Crippen molar-refractivity contribution in [2.75, 3.05) is 19.0 Å². The predicted molar refractivity (Wildman–Crippen MR) is 74.3 cm³/mol. The first-order valence-electron chi connectivity index (χ1n) is 6.44. The van der Waals surface area contributed by atoms with Crippen molar-refractivity contribution in [3.63, 3.8) is 0 Å². The Hall–Kier alpha value is -1.27. The lowest BCUT2D eigenvalue weighted by Crippen LogP contribution is -2.31. The molecule has 118 valence electrons. The third-order valence-electron chi connectivity index (χ3n) is 2.76. The number of hydrogen-bond donors (Lipinski definition) is 1. The fourth-order valence-electron chi connectivity index (χ4n) is 1.81. The second-order valence-electron chi connectivity index (χ2n) is 4.61. The summed E-state index contributed by atoms with van der Waals surface area (Å²) in [6, 6.07) is 5.20. The van der Waals surface area contributed by atoms with Gasteiger partial charge in [0.05, 0.1) is 5.56 Å². The van der Waals surface area contributed by atoms with Crippen molar-refractivity contribution >= 4 is 17.6 Å². The fourth-order valence-corrected chi connectivity index (χ4v) is 1.89. The molecule has 1 aromatic rings. The third-order valence-corrected chi connectivity index (χ3v) is 2.98. The number of carbonyl (C=O) groups is 1. The second-order valence-corrected chi connectivity index (χ2v) is 4.88. The van der Waals surface area contributed by atoms with Gasteiger partial charge < -0.3 is 10.1 Å². The molecule has 0 radical (unpaired) electrons. The van der Waals surface area contributed by atoms with Crippen molar-refractivity contribution < 1.29 is 22.7 Å². The van der Waals surface area contributed by atoms with Crippen molar-refractivity contribution in [2.24, 2.45) is 0 Å². The largest absolute Gasteiger partial charge is 0.463 e. The van der Waals surface area contributed by atoms with E-state index in [1.54, 1.807) is 6.07 Å². The maximum atomic E-state index is 12.6. The van der Waals surface area contributed by atoms with Crippen LogP contribution < -0.4 is 5.32 Å². The number of ether oxygens (including phenoxy) is 1. The van der Waals surface area contributed by atoms with Gasteiger partial charge >= 0.3 is 12.1 Å². The Morgan fingerprint density at radius 2 is 2.14 bits per heavy atom. The molecule has 0 aromatic heterocycles. The maximum Gasteiger partial charge on any atom is 0.416 e. The van der Waals surface area contributed by atoms with Gasteiger partial charge in [-0.25, -0.2) is 0 Å². The summed E-state index contributed by atoms with van der Waals surface area (Å²) in [5.74, 6) is -0.691. The molecule has 0 saturated heterocycles. The first kappa shape index (κ1) is 17.8. The molecule has 1 rings (SSSR count). The molecule has 0 aliphatic carbocycles. The van der Waals surface area contributed by atoms with E-state index in [-0.39, 0.29) is 18.5 Å². The molecule has 0 bridgehead atoms. The lowest BCUT2D eigenvalue weighted by molar-refractivity contribution is -0.140. The quantitative estimate of drug-likeness (QED) is 0.476. The topological polar surface area (TPSA) is 38.3 Å². The number of halogens is 4. The Bertz CT molecular complexity index is 466. The Kier molecular flexibility index (Phi) is 6.98. The smallest absolute Gasteiger partial charge is 0.416 e. The minimum absolute atomic E-state index is 0.0387. The maximum absolute atomic E-state index is 12.6. The average Bonchev–Trinajstić information content (AvgIpc) is 2.42. The zero-order valence-electron chi connectivity index (χ0n) is 11.5. The normalized spacial score (nSPS) is 13.0. The van der Waals surface area contributed by atoms with Gasteiger partial charge in [-0.15, -0.1) is 11.6 Å². The van der Waals surface area contributed by atoms with E-state index >= 15 is 0 Å². The zero-order chi connectivity index (χ0) is 15.9. The highest BCUT2D eigenvalue weighted by Crippen LogP contribution is 2.29. The second kappa shape index (κ2) is 8.24. The summed E-state index contributed by atoms with van der Waals surface area (Å²) >= 11 is 5.27. The van der Waals surface area contributed by atoms with Crippen molar-refractivity contribution in [1.29, 1.82) is 0 Å². The van der Waals surface area contributed by atoms with E-state index in [0.29, 0.717) is 18.5 Å². The molecule has 0 aliphatic rings. The van der Waals surface area contributed by atoms with E-state index in [4.69, 9.17) is 16.3 Å². The highest BCUT2D eigenvalue weighted by Gasteiger charge is 2.30. The lowest BCUT2D eigenvalue weighted by Gasteiger charge is -2.15. The van der Waals surface area contributed by atoms with Crippen LogP contribution in [0.1, 0.15) is 18.1 Å². The molecule has 0 heterocycles. The predicted octanol–water partition coefficient (Wildman–Crippen LogP) is 3.01. The Labute approximate surface area is 126 Å². The van der Waals surface area contributed by atoms with Gasteiger partial charge in [0.25, 0.3) is 0 Å². The molecular weight excluding hydrogens is 307 g/mol. The van der Waals surface area contributed by atoms with E-state index in [9.17, 15) is 18.0 Å². The Balaban J connectivity index is 2.41. The molecule has 1 unspecified atom stereocenters. The van der Waals surface area contributed by atoms with Crippen LogP contribution in [0.4, 0.5) is 13.2 Å². The average molecular weight is 324 g/mol. The summed E-state index contributed by atoms with van der Waals surface area (Å²) in [4.78, 5) is 10.8. The van der Waals surface area contributed by atoms with Crippen LogP contribution in [-0.2, 0) is 22.1 Å². The number of benzene rings is 1. The number of alkyl halides is 4. The lowest BCUT2D eigenvalue weighted by atomic mass is 10.0. The van der Waals surface area contributed by atoms with E-state index in [0.717, 1.165) is 12.1 Å². The fraction of sp³-hybridized carbons (Fsp3) is 0.500. The van der Waals surface area contributed by atoms with Crippen LogP contribution in [0.5, 0.6) is 0 Å². The van der Waals surface area contributed by atoms with Gasteiger partial charge in [-0.05, 0) is 25.0 Å². The van der Waals surface area contributed by atoms with Crippen LogP contribution in [0.3, 0.4) is 0 Å². The number of carbonyl (C=O) groups excluding carboxylic acids is 1. The minimum atomic E-state index is -4.33. The van der Waals surface area contributed by atoms with Crippen molar-refractivity contribution in [3.05, 3.63) is 35.4 Å². The van der Waals surface area contributed by atoms with Gasteiger partial charge in [-0.2, -0.15) is 13.2 Å². The van der Waals surface area contributed by atoms with E-state index < -0.39 is 17.7 Å². The third kappa shape index (κ3) is 6.82. The number of hydrogen-bond acceptors (Lipinski definition) is 3. The number of rotatable bonds is 7. The molecule has 1 aromatic carbocycles. The zero-order valence-corrected chi connectivity index (χ0v) is 12.3. The molecule has 0 aliphatic heterocycles. The van der Waals surface area contributed by atoms with E-state index in [1.807, 2.05) is 6.92 Å². The molecule has 1 atom stereocenters. The molecule has 21 heavy (non-hydrogen) atoms. The molecule has 0 fully saturated rings. The van der Waals surface area contributed by atoms with Gasteiger partial charge in [0.15, 0.2) is 0 Å². The van der Waals surface area contributed by atoms with Crippen LogP contribution in [0.25, 0.3) is 0 Å².